The van der Waals surface area contributed by atoms with Gasteiger partial charge in [-0.1, -0.05) is 67.1 Å². The fourth-order valence-electron chi connectivity index (χ4n) is 8.80. The average molecular weight is 1190 g/mol. The minimum atomic E-state index is -1.79. The Kier molecular flexibility index (Phi) is 32.4. The number of H-pyrrole nitrogens is 1. The lowest BCUT2D eigenvalue weighted by Crippen LogP contribution is -2.63. The van der Waals surface area contributed by atoms with Crippen molar-refractivity contribution in [3.63, 3.8) is 0 Å². The highest BCUT2D eigenvalue weighted by Gasteiger charge is 2.37. The summed E-state index contributed by atoms with van der Waals surface area (Å²) in [5.41, 5.74) is 35.7. The van der Waals surface area contributed by atoms with E-state index in [1.54, 1.807) is 60.7 Å². The molecule has 1 heterocycles. The molecule has 3 aromatic rings. The number of benzene rings is 2. The lowest BCUT2D eigenvalue weighted by Gasteiger charge is -2.29. The van der Waals surface area contributed by atoms with Crippen LogP contribution in [0.15, 0.2) is 78.2 Å². The van der Waals surface area contributed by atoms with Crippen molar-refractivity contribution in [2.75, 3.05) is 26.2 Å². The van der Waals surface area contributed by atoms with Crippen LogP contribution in [0.3, 0.4) is 0 Å². The molecule has 0 unspecified atom stereocenters. The Morgan fingerprint density at radius 3 is 1.31 bits per heavy atom. The van der Waals surface area contributed by atoms with Gasteiger partial charge in [0, 0.05) is 37.7 Å². The van der Waals surface area contributed by atoms with Crippen LogP contribution < -0.4 is 76.9 Å². The van der Waals surface area contributed by atoms with Gasteiger partial charge in [-0.25, -0.2) is 9.78 Å². The summed E-state index contributed by atoms with van der Waals surface area (Å²) in [6.07, 6.45) is 2.00. The maximum absolute atomic E-state index is 14.5. The molecule has 0 fully saturated rings. The number of aromatic amines is 1. The highest BCUT2D eigenvalue weighted by atomic mass is 16.4. The Labute approximate surface area is 494 Å². The minimum absolute atomic E-state index is 0.0135. The molecule has 3 rings (SSSR count). The zero-order valence-corrected chi connectivity index (χ0v) is 48.4. The number of carbonyl (C=O) groups is 9. The largest absolute Gasteiger partial charge is 0.480 e. The number of nitrogens with one attached hydrogen (secondary N) is 9. The van der Waals surface area contributed by atoms with Crippen LogP contribution in [0.5, 0.6) is 0 Å². The van der Waals surface area contributed by atoms with Gasteiger partial charge < -0.3 is 97.2 Å². The number of amides is 8. The first-order chi connectivity index (χ1) is 40.6. The zero-order chi connectivity index (χ0) is 62.8. The molecule has 0 aliphatic heterocycles. The topological polar surface area (TPSA) is 508 Å². The van der Waals surface area contributed by atoms with Crippen molar-refractivity contribution < 1.29 is 58.5 Å². The number of aliphatic hydroxyl groups excluding tert-OH is 2. The fourth-order valence-corrected chi connectivity index (χ4v) is 8.80. The van der Waals surface area contributed by atoms with Crippen LogP contribution in [0.25, 0.3) is 0 Å². The highest BCUT2D eigenvalue weighted by molar-refractivity contribution is 5.98. The molecule has 0 aliphatic rings. The van der Waals surface area contributed by atoms with Gasteiger partial charge in [0.05, 0.1) is 24.6 Å². The number of carboxylic acid groups (broad SMARTS) is 1. The Morgan fingerprint density at radius 2 is 0.871 bits per heavy atom. The lowest BCUT2D eigenvalue weighted by atomic mass is 10.0. The number of guanidine groups is 1. The molecular formula is C56H89N17O12. The summed E-state index contributed by atoms with van der Waals surface area (Å²) < 4.78 is 0. The third kappa shape index (κ3) is 26.6. The Morgan fingerprint density at radius 1 is 0.494 bits per heavy atom. The molecule has 29 nitrogen and oxygen atoms in total. The summed E-state index contributed by atoms with van der Waals surface area (Å²) >= 11 is 0. The second-order valence-corrected chi connectivity index (χ2v) is 20.7. The van der Waals surface area contributed by atoms with E-state index in [1.165, 1.54) is 26.4 Å². The summed E-state index contributed by atoms with van der Waals surface area (Å²) in [5.74, 6) is -8.71. The van der Waals surface area contributed by atoms with E-state index in [0.717, 1.165) is 0 Å². The highest BCUT2D eigenvalue weighted by Crippen LogP contribution is 2.12. The van der Waals surface area contributed by atoms with Gasteiger partial charge in [0.2, 0.25) is 47.3 Å². The molecule has 0 saturated heterocycles. The summed E-state index contributed by atoms with van der Waals surface area (Å²) in [7, 11) is 0. The Hall–Kier alpha value is -8.09. The van der Waals surface area contributed by atoms with E-state index in [0.29, 0.717) is 55.5 Å². The number of carbonyl (C=O) groups excluding carboxylic acids is 8. The molecule has 8 amide bonds. The number of hydrogen-bond donors (Lipinski definition) is 18. The van der Waals surface area contributed by atoms with Crippen LogP contribution in [0.1, 0.15) is 101 Å². The average Bonchev–Trinajstić information content (AvgIpc) is 4.16. The second-order valence-electron chi connectivity index (χ2n) is 20.7. The van der Waals surface area contributed by atoms with E-state index >= 15 is 0 Å². The van der Waals surface area contributed by atoms with Crippen LogP contribution in [0, 0.1) is 0 Å². The maximum Gasteiger partial charge on any atom is 0.326 e. The first kappa shape index (κ1) is 71.2. The molecule has 24 N–H and O–H groups in total. The van der Waals surface area contributed by atoms with Crippen LogP contribution in [-0.2, 0) is 62.4 Å². The molecule has 0 aliphatic carbocycles. The number of aromatic nitrogens is 2. The van der Waals surface area contributed by atoms with Gasteiger partial charge in [-0.2, -0.15) is 0 Å². The van der Waals surface area contributed by atoms with Crippen molar-refractivity contribution in [1.29, 1.82) is 0 Å². The van der Waals surface area contributed by atoms with Crippen molar-refractivity contribution in [2.45, 2.75) is 170 Å². The number of aliphatic carboxylic acids is 1. The first-order valence-corrected chi connectivity index (χ1v) is 28.6. The van der Waals surface area contributed by atoms with E-state index in [2.05, 4.69) is 57.5 Å². The second kappa shape index (κ2) is 38.7. The van der Waals surface area contributed by atoms with Crippen LogP contribution in [-0.4, -0.2) is 177 Å². The molecule has 0 radical (unpaired) electrons. The predicted octanol–water partition coefficient (Wildman–Crippen LogP) is -4.07. The van der Waals surface area contributed by atoms with Gasteiger partial charge in [0.15, 0.2) is 5.96 Å². The number of hydrogen-bond acceptors (Lipinski definition) is 17. The fraction of sp³-hybridized carbons (Fsp3) is 0.554. The quantitative estimate of drug-likeness (QED) is 0.0146. The molecule has 0 spiro atoms. The van der Waals surface area contributed by atoms with Crippen molar-refractivity contribution in [3.8, 4) is 0 Å². The molecule has 470 valence electrons. The number of aliphatic imine (C=N–C) groups is 1. The van der Waals surface area contributed by atoms with Gasteiger partial charge in [0.1, 0.15) is 48.3 Å². The van der Waals surface area contributed by atoms with Gasteiger partial charge in [-0.15, -0.1) is 0 Å². The van der Waals surface area contributed by atoms with E-state index in [1.807, 2.05) is 0 Å². The third-order valence-electron chi connectivity index (χ3n) is 13.6. The number of rotatable bonds is 41. The first-order valence-electron chi connectivity index (χ1n) is 28.6. The summed E-state index contributed by atoms with van der Waals surface area (Å²) in [5, 5.41) is 52.5. The van der Waals surface area contributed by atoms with Gasteiger partial charge in [-0.3, -0.25) is 43.3 Å². The molecule has 29 heteroatoms. The van der Waals surface area contributed by atoms with E-state index in [-0.39, 0.29) is 83.4 Å². The lowest BCUT2D eigenvalue weighted by molar-refractivity contribution is -0.142. The number of aliphatic hydroxyl groups is 2. The third-order valence-corrected chi connectivity index (χ3v) is 13.6. The molecule has 0 bridgehead atoms. The van der Waals surface area contributed by atoms with E-state index < -0.39 is 120 Å². The Balaban J connectivity index is 1.90. The van der Waals surface area contributed by atoms with Crippen molar-refractivity contribution in [2.24, 2.45) is 39.4 Å². The number of imidazole rings is 1. The predicted molar refractivity (Wildman–Crippen MR) is 316 cm³/mol. The Bertz CT molecular complexity index is 2580. The summed E-state index contributed by atoms with van der Waals surface area (Å²) in [6.45, 7) is 3.34. The molecular weight excluding hydrogens is 1100 g/mol. The van der Waals surface area contributed by atoms with Crippen LogP contribution in [0.4, 0.5) is 0 Å². The van der Waals surface area contributed by atoms with Crippen molar-refractivity contribution in [1.82, 2.24) is 52.5 Å². The van der Waals surface area contributed by atoms with E-state index in [4.69, 9.17) is 34.4 Å². The molecule has 11 atom stereocenters. The number of nitrogens with two attached hydrogens (primary N) is 6. The van der Waals surface area contributed by atoms with Crippen molar-refractivity contribution in [3.05, 3.63) is 90.0 Å². The smallest absolute Gasteiger partial charge is 0.326 e. The van der Waals surface area contributed by atoms with Crippen molar-refractivity contribution >= 4 is 59.2 Å². The standard InChI is InChI=1S/C56H89N17O12/c1-33(74)45(73-52(81)43(29-36-18-7-4-8-19-36)69-47(76)38(60)20-9-12-24-57)53(82)67-40(22-11-14-26-59)49(78)72-46(34(2)75)54(83)71-44(30-37-31-63-32-65-37)51(80)66-39(21-10-13-25-58)48(77)70-42(28-35-16-5-3-6-17-35)50(79)68-41(55(84)85)23-15-27-64-56(61)62/h3-8,16-19,31-34,38-46,74-75H,9-15,20-30,57-60H2,1-2H3,(H,63,65)(H,66,80)(H,67,82)(H,68,79)(H,69,76)(H,70,77)(H,71,83)(H,72,78)(H,73,81)(H,84,85)(H4,61,62,64)/t33-,34-,38+,39+,40+,41+,42+,43+,44+,45+,46+/m1/s1. The summed E-state index contributed by atoms with van der Waals surface area (Å²) in [4.78, 5) is 136. The SMILES string of the molecule is C[C@@H](O)[C@H](NC(=O)[C@H](CCCCN)NC(=O)[C@@H](NC(=O)[C@H](Cc1ccccc1)NC(=O)[C@@H](N)CCCCN)[C@@H](C)O)C(=O)N[C@@H](Cc1cnc[nH]1)C(=O)N[C@@H](CCCCN)C(=O)N[C@@H](Cc1ccccc1)C(=O)N[C@@H](CCCN=C(N)N)C(=O)O. The normalized spacial score (nSPS) is 15.0. The van der Waals surface area contributed by atoms with Crippen LogP contribution in [0.2, 0.25) is 0 Å². The van der Waals surface area contributed by atoms with E-state index in [9.17, 15) is 58.5 Å². The monoisotopic (exact) mass is 1190 g/mol. The summed E-state index contributed by atoms with van der Waals surface area (Å²) in [6, 6.07) is 4.42. The molecule has 1 aromatic heterocycles. The molecule has 2 aromatic carbocycles. The van der Waals surface area contributed by atoms with Gasteiger partial charge in [-0.05, 0) is 109 Å². The zero-order valence-electron chi connectivity index (χ0n) is 48.4. The van der Waals surface area contributed by atoms with Gasteiger partial charge >= 0.3 is 5.97 Å². The molecule has 0 saturated carbocycles. The number of carboxylic acids is 1. The van der Waals surface area contributed by atoms with Crippen LogP contribution >= 0.6 is 0 Å². The maximum atomic E-state index is 14.5. The minimum Gasteiger partial charge on any atom is -0.480 e. The van der Waals surface area contributed by atoms with Gasteiger partial charge in [0.25, 0.3) is 0 Å². The number of nitrogens with zero attached hydrogens (tertiary/aromatic N) is 2. The molecule has 85 heavy (non-hydrogen) atoms. The number of unbranched alkanes of at least 4 members (excludes halogenated alkanes) is 3.